The molecule has 1 fully saturated rings. The highest BCUT2D eigenvalue weighted by atomic mass is 32.1. The number of thiazole rings is 1. The van der Waals surface area contributed by atoms with Gasteiger partial charge in [0.05, 0.1) is 21.2 Å². The minimum Gasteiger partial charge on any atom is -0.393 e. The maximum atomic E-state index is 11.3. The summed E-state index contributed by atoms with van der Waals surface area (Å²) in [5.41, 5.74) is 2.61. The summed E-state index contributed by atoms with van der Waals surface area (Å²) in [5.74, 6) is 0.371. The molecule has 0 aliphatic heterocycles. The molecule has 3 rings (SSSR count). The van der Waals surface area contributed by atoms with Gasteiger partial charge in [0.2, 0.25) is 0 Å². The summed E-state index contributed by atoms with van der Waals surface area (Å²) in [4.78, 5) is 15.0. The molecule has 20 heavy (non-hydrogen) atoms. The van der Waals surface area contributed by atoms with Gasteiger partial charge in [0.1, 0.15) is 5.69 Å². The number of nitro groups is 1. The van der Waals surface area contributed by atoms with E-state index in [0.29, 0.717) is 23.7 Å². The largest absolute Gasteiger partial charge is 0.393 e. The SMILES string of the molecule is O=[N+]([O-])c1c(NCC2CCC(O)C2)ccc2scnc12. The highest BCUT2D eigenvalue weighted by molar-refractivity contribution is 7.16. The van der Waals surface area contributed by atoms with E-state index in [1.54, 1.807) is 11.6 Å². The van der Waals surface area contributed by atoms with Crippen molar-refractivity contribution in [1.29, 1.82) is 0 Å². The number of anilines is 1. The first-order valence-electron chi connectivity index (χ1n) is 6.57. The maximum Gasteiger partial charge on any atom is 0.319 e. The van der Waals surface area contributed by atoms with Gasteiger partial charge in [-0.1, -0.05) is 0 Å². The second kappa shape index (κ2) is 5.34. The Balaban J connectivity index is 1.83. The summed E-state index contributed by atoms with van der Waals surface area (Å²) in [7, 11) is 0. The number of nitro benzene ring substituents is 1. The van der Waals surface area contributed by atoms with Crippen LogP contribution in [0.2, 0.25) is 0 Å². The zero-order valence-corrected chi connectivity index (χ0v) is 11.6. The van der Waals surface area contributed by atoms with E-state index in [-0.39, 0.29) is 16.7 Å². The Morgan fingerprint density at radius 2 is 2.35 bits per heavy atom. The van der Waals surface area contributed by atoms with E-state index < -0.39 is 0 Å². The number of nitrogens with zero attached hydrogens (tertiary/aromatic N) is 2. The van der Waals surface area contributed by atoms with Crippen LogP contribution in [0.5, 0.6) is 0 Å². The molecule has 0 saturated heterocycles. The Morgan fingerprint density at radius 1 is 1.50 bits per heavy atom. The van der Waals surface area contributed by atoms with Gasteiger partial charge in [-0.25, -0.2) is 4.98 Å². The van der Waals surface area contributed by atoms with Gasteiger partial charge in [-0.15, -0.1) is 11.3 Å². The summed E-state index contributed by atoms with van der Waals surface area (Å²) >= 11 is 1.39. The maximum absolute atomic E-state index is 11.3. The first-order valence-corrected chi connectivity index (χ1v) is 7.45. The lowest BCUT2D eigenvalue weighted by molar-refractivity contribution is -0.382. The lowest BCUT2D eigenvalue weighted by Gasteiger charge is -2.12. The van der Waals surface area contributed by atoms with Crippen LogP contribution in [0.4, 0.5) is 11.4 Å². The molecular formula is C13H15N3O3S. The number of nitrogens with one attached hydrogen (secondary N) is 1. The number of aliphatic hydroxyl groups excluding tert-OH is 1. The third-order valence-corrected chi connectivity index (χ3v) is 4.55. The molecule has 2 unspecified atom stereocenters. The molecular weight excluding hydrogens is 278 g/mol. The van der Waals surface area contributed by atoms with Crippen molar-refractivity contribution in [2.75, 3.05) is 11.9 Å². The zero-order valence-electron chi connectivity index (χ0n) is 10.8. The Hall–Kier alpha value is -1.73. The van der Waals surface area contributed by atoms with Gasteiger partial charge >= 0.3 is 5.69 Å². The molecule has 0 amide bonds. The number of rotatable bonds is 4. The molecule has 0 bridgehead atoms. The molecule has 1 heterocycles. The average Bonchev–Trinajstić information content (AvgIpc) is 3.03. The fourth-order valence-corrected chi connectivity index (χ4v) is 3.41. The van der Waals surface area contributed by atoms with E-state index in [1.165, 1.54) is 11.3 Å². The van der Waals surface area contributed by atoms with Gasteiger partial charge < -0.3 is 10.4 Å². The number of fused-ring (bicyclic) bond motifs is 1. The van der Waals surface area contributed by atoms with Crippen molar-refractivity contribution < 1.29 is 10.0 Å². The predicted octanol–water partition coefficient (Wildman–Crippen LogP) is 2.78. The predicted molar refractivity (Wildman–Crippen MR) is 78.1 cm³/mol. The van der Waals surface area contributed by atoms with Crippen molar-refractivity contribution >= 4 is 32.9 Å². The molecule has 1 saturated carbocycles. The second-order valence-corrected chi connectivity index (χ2v) is 6.02. The Kier molecular flexibility index (Phi) is 3.54. The van der Waals surface area contributed by atoms with Crippen LogP contribution >= 0.6 is 11.3 Å². The zero-order chi connectivity index (χ0) is 14.1. The van der Waals surface area contributed by atoms with Crippen molar-refractivity contribution in [2.24, 2.45) is 5.92 Å². The van der Waals surface area contributed by atoms with Gasteiger partial charge in [0, 0.05) is 6.54 Å². The van der Waals surface area contributed by atoms with E-state index in [9.17, 15) is 15.2 Å². The molecule has 7 heteroatoms. The van der Waals surface area contributed by atoms with Crippen molar-refractivity contribution in [3.63, 3.8) is 0 Å². The highest BCUT2D eigenvalue weighted by Gasteiger charge is 2.25. The number of aliphatic hydroxyl groups is 1. The molecule has 1 aromatic carbocycles. The molecule has 2 aromatic rings. The Labute approximate surface area is 119 Å². The lowest BCUT2D eigenvalue weighted by Crippen LogP contribution is -2.13. The van der Waals surface area contributed by atoms with Crippen LogP contribution in [0.15, 0.2) is 17.6 Å². The molecule has 1 aromatic heterocycles. The van der Waals surface area contributed by atoms with Gasteiger partial charge in [0.15, 0.2) is 5.52 Å². The number of benzene rings is 1. The minimum absolute atomic E-state index is 0.0438. The summed E-state index contributed by atoms with van der Waals surface area (Å²) in [6.45, 7) is 0.646. The van der Waals surface area contributed by atoms with Crippen molar-refractivity contribution in [3.8, 4) is 0 Å². The van der Waals surface area contributed by atoms with E-state index >= 15 is 0 Å². The summed E-state index contributed by atoms with van der Waals surface area (Å²) in [6.07, 6.45) is 2.32. The van der Waals surface area contributed by atoms with E-state index in [0.717, 1.165) is 24.0 Å². The van der Waals surface area contributed by atoms with Gasteiger partial charge in [0.25, 0.3) is 0 Å². The minimum atomic E-state index is -0.381. The molecule has 1 aliphatic rings. The number of aromatic nitrogens is 1. The first-order chi connectivity index (χ1) is 9.65. The summed E-state index contributed by atoms with van der Waals surface area (Å²) in [5, 5.41) is 23.9. The fraction of sp³-hybridized carbons (Fsp3) is 0.462. The molecule has 6 nitrogen and oxygen atoms in total. The molecule has 2 N–H and O–H groups in total. The fourth-order valence-electron chi connectivity index (χ4n) is 2.73. The topological polar surface area (TPSA) is 88.3 Å². The molecule has 106 valence electrons. The van der Waals surface area contributed by atoms with Gasteiger partial charge in [-0.2, -0.15) is 0 Å². The van der Waals surface area contributed by atoms with Crippen LogP contribution in [0, 0.1) is 16.0 Å². The third-order valence-electron chi connectivity index (χ3n) is 3.75. The summed E-state index contributed by atoms with van der Waals surface area (Å²) in [6, 6.07) is 3.59. The number of hydrogen-bond acceptors (Lipinski definition) is 6. The van der Waals surface area contributed by atoms with Gasteiger partial charge in [-0.3, -0.25) is 10.1 Å². The van der Waals surface area contributed by atoms with Crippen LogP contribution < -0.4 is 5.32 Å². The smallest absolute Gasteiger partial charge is 0.319 e. The highest BCUT2D eigenvalue weighted by Crippen LogP contribution is 2.35. The quantitative estimate of drug-likeness (QED) is 0.668. The van der Waals surface area contributed by atoms with Crippen LogP contribution in [-0.4, -0.2) is 27.7 Å². The van der Waals surface area contributed by atoms with Crippen molar-refractivity contribution in [3.05, 3.63) is 27.8 Å². The van der Waals surface area contributed by atoms with E-state index in [4.69, 9.17) is 0 Å². The lowest BCUT2D eigenvalue weighted by atomic mass is 10.1. The molecule has 1 aliphatic carbocycles. The summed E-state index contributed by atoms with van der Waals surface area (Å²) < 4.78 is 0.818. The van der Waals surface area contributed by atoms with Crippen LogP contribution in [0.1, 0.15) is 19.3 Å². The van der Waals surface area contributed by atoms with Crippen LogP contribution in [0.3, 0.4) is 0 Å². The molecule has 0 spiro atoms. The van der Waals surface area contributed by atoms with Gasteiger partial charge in [-0.05, 0) is 37.3 Å². The van der Waals surface area contributed by atoms with Crippen LogP contribution in [-0.2, 0) is 0 Å². The monoisotopic (exact) mass is 293 g/mol. The van der Waals surface area contributed by atoms with E-state index in [1.807, 2.05) is 6.07 Å². The van der Waals surface area contributed by atoms with E-state index in [2.05, 4.69) is 10.3 Å². The Morgan fingerprint density at radius 3 is 3.05 bits per heavy atom. The number of hydrogen-bond donors (Lipinski definition) is 2. The van der Waals surface area contributed by atoms with Crippen molar-refractivity contribution in [1.82, 2.24) is 4.98 Å². The first kappa shape index (κ1) is 13.3. The van der Waals surface area contributed by atoms with Crippen molar-refractivity contribution in [2.45, 2.75) is 25.4 Å². The third kappa shape index (κ3) is 2.46. The standard InChI is InChI=1S/C13H15N3O3S/c17-9-2-1-8(5-9)6-14-10-3-4-11-12(15-7-20-11)13(10)16(18)19/h3-4,7-9,14,17H,1-2,5-6H2. The Bertz CT molecular complexity index is 643. The molecule has 2 atom stereocenters. The normalized spacial score (nSPS) is 22.2. The second-order valence-electron chi connectivity index (χ2n) is 5.13. The average molecular weight is 293 g/mol. The van der Waals surface area contributed by atoms with Crippen LogP contribution in [0.25, 0.3) is 10.2 Å². The molecule has 0 radical (unpaired) electrons.